The second-order valence-corrected chi connectivity index (χ2v) is 14.4. The number of pyridine rings is 1. The molecule has 0 atom stereocenters. The predicted molar refractivity (Wildman–Crippen MR) is 213 cm³/mol. The molecule has 0 spiro atoms. The molecule has 1 aromatic heterocycles. The van der Waals surface area contributed by atoms with E-state index in [1.807, 2.05) is 54.6 Å². The first-order chi connectivity index (χ1) is 26.7. The summed E-state index contributed by atoms with van der Waals surface area (Å²) in [5.41, 5.74) is 4.57. The summed E-state index contributed by atoms with van der Waals surface area (Å²) in [7, 11) is 1.38. The fraction of sp³-hybridized carbons (Fsp3) is 0.478. The molecule has 8 nitrogen and oxygen atoms in total. The topological polar surface area (TPSA) is 85.3 Å². The van der Waals surface area contributed by atoms with E-state index in [1.165, 1.54) is 58.5 Å². The summed E-state index contributed by atoms with van der Waals surface area (Å²) in [6.07, 6.45) is 18.3. The average molecular weight is 736 g/mol. The van der Waals surface area contributed by atoms with Gasteiger partial charge in [0.25, 0.3) is 0 Å². The van der Waals surface area contributed by atoms with Gasteiger partial charge >= 0.3 is 5.97 Å². The molecule has 0 radical (unpaired) electrons. The van der Waals surface area contributed by atoms with Gasteiger partial charge < -0.3 is 28.4 Å². The minimum absolute atomic E-state index is 0.260. The standard InChI is InChI=1S/C46H57NO7/c1-49-46(48)36-21-18-22-37(33-36)54-34-35-31-42-45-39-24-19-23-38(47-39)44-40(50-27-14-10-6-2-4-8-12-16-29-52-42)25-20-26-41(44)51-28-15-11-7-3-5-9-13-17-30-53-43(45)32-35/h18-26,31-33H,2-17,27-30,34H2,1H3. The molecule has 0 fully saturated rings. The van der Waals surface area contributed by atoms with Crippen LogP contribution in [0.15, 0.2) is 72.8 Å². The highest BCUT2D eigenvalue weighted by molar-refractivity contribution is 5.89. The van der Waals surface area contributed by atoms with Crippen molar-refractivity contribution in [2.75, 3.05) is 33.5 Å². The number of carbonyl (C=O) groups is 1. The van der Waals surface area contributed by atoms with E-state index in [0.29, 0.717) is 49.2 Å². The summed E-state index contributed by atoms with van der Waals surface area (Å²) in [5.74, 6) is 3.18. The smallest absolute Gasteiger partial charge is 0.337 e. The van der Waals surface area contributed by atoms with Crippen LogP contribution in [-0.2, 0) is 11.3 Å². The lowest BCUT2D eigenvalue weighted by atomic mass is 10.0. The summed E-state index contributed by atoms with van der Waals surface area (Å²) < 4.78 is 37.5. The Morgan fingerprint density at radius 1 is 0.537 bits per heavy atom. The molecule has 3 heterocycles. The molecule has 0 saturated heterocycles. The van der Waals surface area contributed by atoms with Crippen LogP contribution in [0.2, 0.25) is 0 Å². The molecule has 0 amide bonds. The highest BCUT2D eigenvalue weighted by Gasteiger charge is 2.21. The van der Waals surface area contributed by atoms with Gasteiger partial charge in [-0.3, -0.25) is 0 Å². The molecule has 3 aromatic carbocycles. The Hall–Kier alpha value is -4.72. The van der Waals surface area contributed by atoms with Crippen LogP contribution in [0, 0.1) is 0 Å². The third kappa shape index (κ3) is 11.4. The second kappa shape index (κ2) is 21.2. The van der Waals surface area contributed by atoms with Gasteiger partial charge in [0.15, 0.2) is 0 Å². The number of ether oxygens (including phenoxy) is 6. The molecule has 4 aromatic rings. The number of nitrogens with zero attached hydrogens (tertiary/aromatic N) is 1. The van der Waals surface area contributed by atoms with Crippen LogP contribution in [0.25, 0.3) is 22.5 Å². The zero-order valence-electron chi connectivity index (χ0n) is 32.1. The van der Waals surface area contributed by atoms with Gasteiger partial charge in [-0.2, -0.15) is 0 Å². The van der Waals surface area contributed by atoms with E-state index >= 15 is 0 Å². The number of aromatic nitrogens is 1. The normalized spacial score (nSPS) is 16.6. The maximum absolute atomic E-state index is 12.2. The lowest BCUT2D eigenvalue weighted by molar-refractivity contribution is 0.0600. The molecule has 8 heteroatoms. The maximum Gasteiger partial charge on any atom is 0.337 e. The van der Waals surface area contributed by atoms with Crippen molar-refractivity contribution in [3.63, 3.8) is 0 Å². The molecular weight excluding hydrogens is 679 g/mol. The zero-order valence-corrected chi connectivity index (χ0v) is 32.1. The Kier molecular flexibility index (Phi) is 15.3. The minimum atomic E-state index is -0.404. The second-order valence-electron chi connectivity index (χ2n) is 14.4. The molecule has 6 rings (SSSR count). The van der Waals surface area contributed by atoms with Crippen LogP contribution in [0.5, 0.6) is 28.7 Å². The van der Waals surface area contributed by atoms with Gasteiger partial charge in [-0.05, 0) is 85.8 Å². The van der Waals surface area contributed by atoms with E-state index in [1.54, 1.807) is 18.2 Å². The molecule has 0 saturated carbocycles. The largest absolute Gasteiger partial charge is 0.493 e. The number of methoxy groups -OCH3 is 1. The van der Waals surface area contributed by atoms with Crippen LogP contribution in [0.1, 0.15) is 119 Å². The average Bonchev–Trinajstić information content (AvgIpc) is 3.20. The molecule has 288 valence electrons. The molecule has 2 aliphatic heterocycles. The van der Waals surface area contributed by atoms with E-state index in [-0.39, 0.29) is 6.61 Å². The number of hydrogen-bond acceptors (Lipinski definition) is 8. The van der Waals surface area contributed by atoms with Crippen molar-refractivity contribution in [2.45, 2.75) is 109 Å². The van der Waals surface area contributed by atoms with Gasteiger partial charge in [-0.1, -0.05) is 95.2 Å². The lowest BCUT2D eigenvalue weighted by Gasteiger charge is -2.20. The van der Waals surface area contributed by atoms with Crippen LogP contribution in [0.4, 0.5) is 0 Å². The van der Waals surface area contributed by atoms with Crippen molar-refractivity contribution in [3.8, 4) is 51.3 Å². The molecule has 54 heavy (non-hydrogen) atoms. The number of benzene rings is 3. The first-order valence-corrected chi connectivity index (χ1v) is 20.3. The van der Waals surface area contributed by atoms with E-state index in [0.717, 1.165) is 90.9 Å². The van der Waals surface area contributed by atoms with Crippen molar-refractivity contribution in [1.29, 1.82) is 0 Å². The summed E-state index contributed by atoms with van der Waals surface area (Å²) >= 11 is 0. The third-order valence-electron chi connectivity index (χ3n) is 10.1. The highest BCUT2D eigenvalue weighted by atomic mass is 16.5. The third-order valence-corrected chi connectivity index (χ3v) is 10.1. The van der Waals surface area contributed by atoms with E-state index in [4.69, 9.17) is 33.4 Å². The van der Waals surface area contributed by atoms with Crippen molar-refractivity contribution in [3.05, 3.63) is 83.9 Å². The van der Waals surface area contributed by atoms with Crippen LogP contribution >= 0.6 is 0 Å². The van der Waals surface area contributed by atoms with Crippen molar-refractivity contribution in [1.82, 2.24) is 4.98 Å². The quantitative estimate of drug-likeness (QED) is 0.192. The zero-order chi connectivity index (χ0) is 37.2. The first kappa shape index (κ1) is 39.0. The van der Waals surface area contributed by atoms with Gasteiger partial charge in [-0.15, -0.1) is 0 Å². The number of hydrogen-bond donors (Lipinski definition) is 0. The van der Waals surface area contributed by atoms with Gasteiger partial charge in [0, 0.05) is 0 Å². The maximum atomic E-state index is 12.2. The van der Waals surface area contributed by atoms with E-state index in [9.17, 15) is 4.79 Å². The van der Waals surface area contributed by atoms with Crippen LogP contribution in [-0.4, -0.2) is 44.5 Å². The van der Waals surface area contributed by atoms with Gasteiger partial charge in [0.2, 0.25) is 0 Å². The van der Waals surface area contributed by atoms with Gasteiger partial charge in [0.1, 0.15) is 35.4 Å². The minimum Gasteiger partial charge on any atom is -0.493 e. The van der Waals surface area contributed by atoms with E-state index in [2.05, 4.69) is 0 Å². The fourth-order valence-electron chi connectivity index (χ4n) is 7.18. The monoisotopic (exact) mass is 735 g/mol. The Balaban J connectivity index is 1.41. The lowest BCUT2D eigenvalue weighted by Crippen LogP contribution is -2.07. The van der Waals surface area contributed by atoms with Crippen molar-refractivity contribution < 1.29 is 33.2 Å². The molecular formula is C46H57NO7. The highest BCUT2D eigenvalue weighted by Crippen LogP contribution is 2.43. The fourth-order valence-corrected chi connectivity index (χ4v) is 7.18. The van der Waals surface area contributed by atoms with Crippen LogP contribution in [0.3, 0.4) is 0 Å². The molecule has 0 N–H and O–H groups in total. The first-order valence-electron chi connectivity index (χ1n) is 20.3. The number of esters is 1. The molecule has 4 bridgehead atoms. The Labute approximate surface area is 321 Å². The Morgan fingerprint density at radius 2 is 0.963 bits per heavy atom. The van der Waals surface area contributed by atoms with Crippen LogP contribution < -0.4 is 23.7 Å². The van der Waals surface area contributed by atoms with Crippen molar-refractivity contribution in [2.24, 2.45) is 0 Å². The summed E-state index contributed by atoms with van der Waals surface area (Å²) in [5, 5.41) is 0. The number of rotatable bonds is 4. The molecule has 2 aliphatic rings. The number of carbonyl (C=O) groups excluding carboxylic acids is 1. The summed E-state index contributed by atoms with van der Waals surface area (Å²) in [6.45, 7) is 2.75. The van der Waals surface area contributed by atoms with Gasteiger partial charge in [0.05, 0.1) is 61.6 Å². The van der Waals surface area contributed by atoms with Gasteiger partial charge in [-0.25, -0.2) is 9.78 Å². The molecule has 0 unspecified atom stereocenters. The predicted octanol–water partition coefficient (Wildman–Crippen LogP) is 11.6. The van der Waals surface area contributed by atoms with E-state index < -0.39 is 5.97 Å². The summed E-state index contributed by atoms with van der Waals surface area (Å²) in [4.78, 5) is 17.5. The Morgan fingerprint density at radius 3 is 1.46 bits per heavy atom. The SMILES string of the molecule is COC(=O)c1cccc(OCc2cc3c4c(c2)OCCCCCCCCCCOc2cccc(c2-c2cccc-4n2)OCCCCCCCCCCO3)c1. The molecule has 0 aliphatic carbocycles. The van der Waals surface area contributed by atoms with Crippen molar-refractivity contribution >= 4 is 5.97 Å². The summed E-state index contributed by atoms with van der Waals surface area (Å²) in [6, 6.07) is 23.3. The Bertz CT molecular complexity index is 1700.